The number of imidazole rings is 1. The van der Waals surface area contributed by atoms with Gasteiger partial charge >= 0.3 is 11.9 Å². The van der Waals surface area contributed by atoms with Crippen LogP contribution in [-0.4, -0.2) is 62.6 Å². The summed E-state index contributed by atoms with van der Waals surface area (Å²) in [5, 5.41) is 16.9. The van der Waals surface area contributed by atoms with Crippen molar-refractivity contribution in [2.75, 3.05) is 31.1 Å². The molecule has 1 aliphatic heterocycles. The first-order chi connectivity index (χ1) is 16.0. The fourth-order valence-corrected chi connectivity index (χ4v) is 4.56. The van der Waals surface area contributed by atoms with Crippen molar-refractivity contribution < 1.29 is 19.8 Å². The molecule has 9 heteroatoms. The van der Waals surface area contributed by atoms with Crippen LogP contribution in [0.25, 0.3) is 16.2 Å². The van der Waals surface area contributed by atoms with Crippen LogP contribution in [0.1, 0.15) is 5.69 Å². The van der Waals surface area contributed by atoms with Crippen molar-refractivity contribution in [2.24, 2.45) is 0 Å². The molecule has 0 radical (unpaired) electrons. The zero-order chi connectivity index (χ0) is 23.2. The van der Waals surface area contributed by atoms with Gasteiger partial charge < -0.3 is 15.1 Å². The third-order valence-electron chi connectivity index (χ3n) is 5.46. The lowest BCUT2D eigenvalue weighted by molar-refractivity contribution is -0.159. The Morgan fingerprint density at radius 2 is 1.48 bits per heavy atom. The molecule has 1 saturated heterocycles. The van der Waals surface area contributed by atoms with Gasteiger partial charge in [-0.2, -0.15) is 0 Å². The smallest absolute Gasteiger partial charge is 0.414 e. The number of fused-ring (bicyclic) bond motifs is 1. The molecule has 3 heterocycles. The normalized spacial score (nSPS) is 14.0. The number of piperazine rings is 1. The van der Waals surface area contributed by atoms with Crippen LogP contribution in [0.15, 0.2) is 72.2 Å². The third-order valence-corrected chi connectivity index (χ3v) is 6.21. The van der Waals surface area contributed by atoms with Gasteiger partial charge in [-0.1, -0.05) is 48.5 Å². The monoisotopic (exact) mass is 464 g/mol. The van der Waals surface area contributed by atoms with Crippen molar-refractivity contribution in [3.8, 4) is 11.3 Å². The highest BCUT2D eigenvalue weighted by molar-refractivity contribution is 7.15. The number of hydrogen-bond acceptors (Lipinski definition) is 6. The van der Waals surface area contributed by atoms with Crippen LogP contribution in [-0.2, 0) is 16.1 Å². The molecule has 8 nitrogen and oxygen atoms in total. The largest absolute Gasteiger partial charge is 0.473 e. The number of para-hydroxylation sites is 1. The lowest BCUT2D eigenvalue weighted by atomic mass is 10.1. The Balaban J connectivity index is 0.000000385. The Labute approximate surface area is 195 Å². The van der Waals surface area contributed by atoms with E-state index in [1.807, 2.05) is 0 Å². The van der Waals surface area contributed by atoms with Crippen LogP contribution in [0.4, 0.5) is 5.69 Å². The highest BCUT2D eigenvalue weighted by Gasteiger charge is 2.21. The van der Waals surface area contributed by atoms with Crippen LogP contribution in [0.3, 0.4) is 0 Å². The molecule has 0 unspecified atom stereocenters. The lowest BCUT2D eigenvalue weighted by Gasteiger charge is -2.36. The number of aliphatic carboxylic acids is 2. The number of anilines is 1. The summed E-state index contributed by atoms with van der Waals surface area (Å²) >= 11 is 1.70. The fraction of sp³-hybridized carbons (Fsp3) is 0.208. The van der Waals surface area contributed by atoms with E-state index in [1.165, 1.54) is 16.9 Å². The van der Waals surface area contributed by atoms with Gasteiger partial charge in [0.25, 0.3) is 0 Å². The topological polar surface area (TPSA) is 98.4 Å². The first-order valence-corrected chi connectivity index (χ1v) is 11.4. The van der Waals surface area contributed by atoms with E-state index in [9.17, 15) is 0 Å². The predicted octanol–water partition coefficient (Wildman–Crippen LogP) is 3.54. The van der Waals surface area contributed by atoms with E-state index in [0.29, 0.717) is 0 Å². The molecule has 0 amide bonds. The maximum Gasteiger partial charge on any atom is 0.414 e. The van der Waals surface area contributed by atoms with Crippen molar-refractivity contribution in [1.82, 2.24) is 14.3 Å². The summed E-state index contributed by atoms with van der Waals surface area (Å²) in [6.07, 6.45) is 2.15. The minimum absolute atomic E-state index is 0.935. The maximum absolute atomic E-state index is 9.10. The number of carboxylic acids is 2. The minimum Gasteiger partial charge on any atom is -0.473 e. The van der Waals surface area contributed by atoms with Crippen molar-refractivity contribution in [3.63, 3.8) is 0 Å². The molecule has 0 spiro atoms. The minimum atomic E-state index is -1.82. The lowest BCUT2D eigenvalue weighted by Crippen LogP contribution is -2.46. The number of carbonyl (C=O) groups is 2. The van der Waals surface area contributed by atoms with Gasteiger partial charge in [0.05, 0.1) is 11.4 Å². The molecule has 2 N–H and O–H groups in total. The van der Waals surface area contributed by atoms with Crippen LogP contribution in [0.2, 0.25) is 0 Å². The molecule has 0 saturated carbocycles. The zero-order valence-corrected chi connectivity index (χ0v) is 18.7. The first-order valence-electron chi connectivity index (χ1n) is 10.5. The molecule has 33 heavy (non-hydrogen) atoms. The van der Waals surface area contributed by atoms with E-state index >= 15 is 0 Å². The van der Waals surface area contributed by atoms with E-state index < -0.39 is 11.9 Å². The van der Waals surface area contributed by atoms with E-state index in [0.717, 1.165) is 43.4 Å². The number of rotatable bonds is 4. The molecule has 0 aliphatic carbocycles. The van der Waals surface area contributed by atoms with Gasteiger partial charge in [0, 0.05) is 55.6 Å². The van der Waals surface area contributed by atoms with E-state index in [1.54, 1.807) is 11.3 Å². The Kier molecular flexibility index (Phi) is 7.01. The SMILES string of the molecule is O=C(O)C(=O)O.c1ccc(-c2nc3sccn3c2CN2CCN(c3ccccc3)CC2)cc1. The van der Waals surface area contributed by atoms with E-state index in [4.69, 9.17) is 24.8 Å². The van der Waals surface area contributed by atoms with E-state index in [-0.39, 0.29) is 0 Å². The van der Waals surface area contributed by atoms with Crippen LogP contribution in [0.5, 0.6) is 0 Å². The number of thiazole rings is 1. The second-order valence-corrected chi connectivity index (χ2v) is 8.41. The Morgan fingerprint density at radius 3 is 2.09 bits per heavy atom. The Hall–Kier alpha value is -3.69. The van der Waals surface area contributed by atoms with Gasteiger partial charge in [0.15, 0.2) is 4.96 Å². The molecule has 2 aromatic carbocycles. The Morgan fingerprint density at radius 1 is 0.879 bits per heavy atom. The second kappa shape index (κ2) is 10.3. The quantitative estimate of drug-likeness (QED) is 0.446. The van der Waals surface area contributed by atoms with Crippen LogP contribution in [0, 0.1) is 0 Å². The van der Waals surface area contributed by atoms with Crippen LogP contribution >= 0.6 is 11.3 Å². The van der Waals surface area contributed by atoms with Crippen molar-refractivity contribution in [3.05, 3.63) is 77.9 Å². The summed E-state index contributed by atoms with van der Waals surface area (Å²) in [6.45, 7) is 5.21. The van der Waals surface area contributed by atoms with Gasteiger partial charge in [-0.25, -0.2) is 14.6 Å². The van der Waals surface area contributed by atoms with Gasteiger partial charge in [0.1, 0.15) is 0 Å². The molecule has 0 bridgehead atoms. The number of carboxylic acid groups (broad SMARTS) is 2. The molecular weight excluding hydrogens is 440 g/mol. The molecule has 1 fully saturated rings. The number of aromatic nitrogens is 2. The molecule has 1 aliphatic rings. The number of hydrogen-bond donors (Lipinski definition) is 2. The average molecular weight is 465 g/mol. The van der Waals surface area contributed by atoms with Gasteiger partial charge in [-0.05, 0) is 12.1 Å². The standard InChI is InChI=1S/C22H22N4S.C2H2O4/c1-3-7-18(8-4-1)21-20(26-15-16-27-22(26)23-21)17-24-11-13-25(14-12-24)19-9-5-2-6-10-19;3-1(4)2(5)6/h1-10,15-16H,11-14,17H2;(H,3,4)(H,5,6). The molecule has 5 rings (SSSR count). The molecular formula is C24H24N4O4S. The highest BCUT2D eigenvalue weighted by atomic mass is 32.1. The van der Waals surface area contributed by atoms with Gasteiger partial charge in [-0.15, -0.1) is 11.3 Å². The Bertz CT molecular complexity index is 1200. The summed E-state index contributed by atoms with van der Waals surface area (Å²) in [5.41, 5.74) is 4.94. The van der Waals surface area contributed by atoms with Crippen molar-refractivity contribution >= 4 is 33.9 Å². The first kappa shape index (κ1) is 22.5. The molecule has 170 valence electrons. The van der Waals surface area contributed by atoms with Crippen LogP contribution < -0.4 is 4.90 Å². The number of benzene rings is 2. The summed E-state index contributed by atoms with van der Waals surface area (Å²) in [4.78, 5) is 29.2. The zero-order valence-electron chi connectivity index (χ0n) is 17.9. The average Bonchev–Trinajstić information content (AvgIpc) is 3.44. The van der Waals surface area contributed by atoms with E-state index in [2.05, 4.69) is 86.4 Å². The van der Waals surface area contributed by atoms with Crippen molar-refractivity contribution in [1.29, 1.82) is 0 Å². The summed E-state index contributed by atoms with van der Waals surface area (Å²) < 4.78 is 2.26. The number of nitrogens with zero attached hydrogens (tertiary/aromatic N) is 4. The maximum atomic E-state index is 9.10. The fourth-order valence-electron chi connectivity index (χ4n) is 3.83. The van der Waals surface area contributed by atoms with Gasteiger partial charge in [0.2, 0.25) is 0 Å². The molecule has 2 aromatic heterocycles. The summed E-state index contributed by atoms with van der Waals surface area (Å²) in [7, 11) is 0. The summed E-state index contributed by atoms with van der Waals surface area (Å²) in [6, 6.07) is 21.3. The predicted molar refractivity (Wildman–Crippen MR) is 128 cm³/mol. The third kappa shape index (κ3) is 5.39. The van der Waals surface area contributed by atoms with Gasteiger partial charge in [-0.3, -0.25) is 9.30 Å². The highest BCUT2D eigenvalue weighted by Crippen LogP contribution is 2.28. The molecule has 4 aromatic rings. The summed E-state index contributed by atoms with van der Waals surface area (Å²) in [5.74, 6) is -3.65. The second-order valence-electron chi connectivity index (χ2n) is 7.54. The van der Waals surface area contributed by atoms with Crippen molar-refractivity contribution in [2.45, 2.75) is 6.54 Å². The molecule has 0 atom stereocenters.